The first-order valence-electron chi connectivity index (χ1n) is 7.95. The number of ether oxygens (including phenoxy) is 1. The third kappa shape index (κ3) is 2.78. The van der Waals surface area contributed by atoms with Gasteiger partial charge >= 0.3 is 0 Å². The molecule has 3 aromatic rings. The number of aromatic nitrogens is 4. The molecule has 124 valence electrons. The number of aryl methyl sites for hydroxylation is 2. The van der Waals surface area contributed by atoms with Crippen molar-refractivity contribution in [3.8, 4) is 5.75 Å². The average molecular weight is 344 g/mol. The SMILES string of the molecule is Cc1cc(N2CCC(Oc3ccncc3Cl)C2)n2nc(C)cc2n1. The van der Waals surface area contributed by atoms with E-state index in [0.717, 1.165) is 42.4 Å². The molecule has 1 fully saturated rings. The highest BCUT2D eigenvalue weighted by atomic mass is 35.5. The number of pyridine rings is 1. The van der Waals surface area contributed by atoms with Crippen molar-refractivity contribution in [2.45, 2.75) is 26.4 Å². The summed E-state index contributed by atoms with van der Waals surface area (Å²) in [6.45, 7) is 5.68. The van der Waals surface area contributed by atoms with Gasteiger partial charge in [0.25, 0.3) is 0 Å². The Bertz CT molecular complexity index is 894. The lowest BCUT2D eigenvalue weighted by Crippen LogP contribution is -2.26. The monoisotopic (exact) mass is 343 g/mol. The predicted molar refractivity (Wildman–Crippen MR) is 93.0 cm³/mol. The van der Waals surface area contributed by atoms with Crippen molar-refractivity contribution in [3.05, 3.63) is 47.0 Å². The van der Waals surface area contributed by atoms with Crippen LogP contribution in [0.3, 0.4) is 0 Å². The summed E-state index contributed by atoms with van der Waals surface area (Å²) in [7, 11) is 0. The summed E-state index contributed by atoms with van der Waals surface area (Å²) >= 11 is 6.13. The van der Waals surface area contributed by atoms with Gasteiger partial charge in [0.15, 0.2) is 5.65 Å². The molecule has 0 spiro atoms. The highest BCUT2D eigenvalue weighted by molar-refractivity contribution is 6.31. The van der Waals surface area contributed by atoms with Gasteiger partial charge in [-0.25, -0.2) is 4.98 Å². The van der Waals surface area contributed by atoms with E-state index < -0.39 is 0 Å². The van der Waals surface area contributed by atoms with Gasteiger partial charge < -0.3 is 9.64 Å². The zero-order valence-electron chi connectivity index (χ0n) is 13.6. The number of halogens is 1. The molecule has 0 aliphatic carbocycles. The fourth-order valence-corrected chi connectivity index (χ4v) is 3.25. The number of hydrogen-bond donors (Lipinski definition) is 0. The Morgan fingerprint density at radius 1 is 1.25 bits per heavy atom. The Labute approximate surface area is 145 Å². The predicted octanol–water partition coefficient (Wildman–Crippen LogP) is 3.05. The summed E-state index contributed by atoms with van der Waals surface area (Å²) in [5.41, 5.74) is 2.83. The molecule has 4 rings (SSSR count). The van der Waals surface area contributed by atoms with E-state index in [0.29, 0.717) is 10.8 Å². The lowest BCUT2D eigenvalue weighted by molar-refractivity contribution is 0.225. The standard InChI is InChI=1S/C17H18ClN5O/c1-11-8-17(23-16(20-11)7-12(2)21-23)22-6-4-13(10-22)24-15-3-5-19-9-14(15)18/h3,5,7-9,13H,4,6,10H2,1-2H3. The Morgan fingerprint density at radius 2 is 2.12 bits per heavy atom. The summed E-state index contributed by atoms with van der Waals surface area (Å²) < 4.78 is 7.95. The van der Waals surface area contributed by atoms with Crippen molar-refractivity contribution < 1.29 is 4.74 Å². The summed E-state index contributed by atoms with van der Waals surface area (Å²) in [4.78, 5) is 10.8. The zero-order chi connectivity index (χ0) is 16.7. The maximum atomic E-state index is 6.13. The maximum absolute atomic E-state index is 6.13. The summed E-state index contributed by atoms with van der Waals surface area (Å²) in [6.07, 6.45) is 4.31. The van der Waals surface area contributed by atoms with Crippen LogP contribution in [-0.4, -0.2) is 38.8 Å². The molecule has 4 heterocycles. The second-order valence-electron chi connectivity index (χ2n) is 6.09. The fraction of sp³-hybridized carbons (Fsp3) is 0.353. The van der Waals surface area contributed by atoms with Crippen LogP contribution in [0, 0.1) is 13.8 Å². The van der Waals surface area contributed by atoms with Crippen molar-refractivity contribution in [3.63, 3.8) is 0 Å². The van der Waals surface area contributed by atoms with Crippen molar-refractivity contribution >= 4 is 23.1 Å². The third-order valence-corrected chi connectivity index (χ3v) is 4.44. The van der Waals surface area contributed by atoms with Crippen molar-refractivity contribution in [2.24, 2.45) is 0 Å². The first kappa shape index (κ1) is 15.2. The van der Waals surface area contributed by atoms with E-state index in [1.165, 1.54) is 0 Å². The van der Waals surface area contributed by atoms with E-state index in [1.54, 1.807) is 18.5 Å². The second kappa shape index (κ2) is 5.94. The van der Waals surface area contributed by atoms with Gasteiger partial charge in [-0.2, -0.15) is 9.61 Å². The van der Waals surface area contributed by atoms with Crippen molar-refractivity contribution in [2.75, 3.05) is 18.0 Å². The van der Waals surface area contributed by atoms with Gasteiger partial charge in [0, 0.05) is 49.3 Å². The van der Waals surface area contributed by atoms with E-state index in [1.807, 2.05) is 24.4 Å². The Kier molecular flexibility index (Phi) is 3.76. The molecule has 6 nitrogen and oxygen atoms in total. The number of nitrogens with zero attached hydrogens (tertiary/aromatic N) is 5. The highest BCUT2D eigenvalue weighted by Crippen LogP contribution is 2.28. The average Bonchev–Trinajstić information content (AvgIpc) is 3.14. The molecule has 1 aliphatic heterocycles. The van der Waals surface area contributed by atoms with Gasteiger partial charge in [-0.1, -0.05) is 11.6 Å². The third-order valence-electron chi connectivity index (χ3n) is 4.16. The molecule has 1 atom stereocenters. The minimum absolute atomic E-state index is 0.0880. The van der Waals surface area contributed by atoms with E-state index >= 15 is 0 Å². The lowest BCUT2D eigenvalue weighted by Gasteiger charge is -2.20. The number of hydrogen-bond acceptors (Lipinski definition) is 5. The van der Waals surface area contributed by atoms with E-state index in [4.69, 9.17) is 16.3 Å². The normalized spacial score (nSPS) is 17.6. The van der Waals surface area contributed by atoms with Crippen LogP contribution >= 0.6 is 11.6 Å². The van der Waals surface area contributed by atoms with Crippen LogP contribution in [0.15, 0.2) is 30.6 Å². The highest BCUT2D eigenvalue weighted by Gasteiger charge is 2.27. The van der Waals surface area contributed by atoms with Gasteiger partial charge in [-0.3, -0.25) is 4.98 Å². The van der Waals surface area contributed by atoms with Gasteiger partial charge in [-0.05, 0) is 13.8 Å². The quantitative estimate of drug-likeness (QED) is 0.731. The minimum atomic E-state index is 0.0880. The van der Waals surface area contributed by atoms with Gasteiger partial charge in [-0.15, -0.1) is 0 Å². The molecule has 0 aromatic carbocycles. The largest absolute Gasteiger partial charge is 0.487 e. The smallest absolute Gasteiger partial charge is 0.157 e. The Balaban J connectivity index is 1.58. The topological polar surface area (TPSA) is 55.5 Å². The molecule has 0 N–H and O–H groups in total. The summed E-state index contributed by atoms with van der Waals surface area (Å²) in [5, 5.41) is 5.11. The van der Waals surface area contributed by atoms with Crippen molar-refractivity contribution in [1.82, 2.24) is 19.6 Å². The molecule has 1 unspecified atom stereocenters. The number of anilines is 1. The van der Waals surface area contributed by atoms with Crippen LogP contribution in [0.5, 0.6) is 5.75 Å². The van der Waals surface area contributed by atoms with E-state index in [-0.39, 0.29) is 6.10 Å². The number of rotatable bonds is 3. The van der Waals surface area contributed by atoms with Crippen LogP contribution in [0.25, 0.3) is 5.65 Å². The molecule has 1 aliphatic rings. The Morgan fingerprint density at radius 3 is 2.96 bits per heavy atom. The summed E-state index contributed by atoms with van der Waals surface area (Å²) in [6, 6.07) is 5.87. The fourth-order valence-electron chi connectivity index (χ4n) is 3.09. The van der Waals surface area contributed by atoms with Gasteiger partial charge in [0.2, 0.25) is 0 Å². The molecule has 24 heavy (non-hydrogen) atoms. The van der Waals surface area contributed by atoms with Crippen LogP contribution < -0.4 is 9.64 Å². The maximum Gasteiger partial charge on any atom is 0.157 e. The van der Waals surface area contributed by atoms with Crippen LogP contribution in [0.2, 0.25) is 5.02 Å². The second-order valence-corrected chi connectivity index (χ2v) is 6.50. The Hall–Kier alpha value is -2.34. The van der Waals surface area contributed by atoms with E-state index in [9.17, 15) is 0 Å². The molecule has 3 aromatic heterocycles. The van der Waals surface area contributed by atoms with Gasteiger partial charge in [0.1, 0.15) is 22.7 Å². The zero-order valence-corrected chi connectivity index (χ0v) is 14.4. The first-order chi connectivity index (χ1) is 11.6. The van der Waals surface area contributed by atoms with E-state index in [2.05, 4.69) is 26.0 Å². The molecule has 0 bridgehead atoms. The molecule has 1 saturated heterocycles. The first-order valence-corrected chi connectivity index (χ1v) is 8.33. The lowest BCUT2D eigenvalue weighted by atomic mass is 10.3. The van der Waals surface area contributed by atoms with Crippen LogP contribution in [0.1, 0.15) is 17.8 Å². The minimum Gasteiger partial charge on any atom is -0.487 e. The molecule has 7 heteroatoms. The van der Waals surface area contributed by atoms with Gasteiger partial charge in [0.05, 0.1) is 12.2 Å². The molecule has 0 radical (unpaired) electrons. The van der Waals surface area contributed by atoms with Crippen LogP contribution in [0.4, 0.5) is 5.82 Å². The van der Waals surface area contributed by atoms with Crippen LogP contribution in [-0.2, 0) is 0 Å². The number of fused-ring (bicyclic) bond motifs is 1. The molecular formula is C17H18ClN5O. The molecule has 0 amide bonds. The van der Waals surface area contributed by atoms with Crippen molar-refractivity contribution in [1.29, 1.82) is 0 Å². The molecule has 0 saturated carbocycles. The molecular weight excluding hydrogens is 326 g/mol. The summed E-state index contributed by atoms with van der Waals surface area (Å²) in [5.74, 6) is 1.74.